The van der Waals surface area contributed by atoms with Gasteiger partial charge in [0, 0.05) is 18.8 Å². The molecule has 0 unspecified atom stereocenters. The predicted octanol–water partition coefficient (Wildman–Crippen LogP) is 2.97. The number of thioether (sulfide) groups is 1. The molecule has 1 aromatic rings. The van der Waals surface area contributed by atoms with E-state index >= 15 is 0 Å². The first-order chi connectivity index (χ1) is 8.49. The molecule has 1 rings (SSSR count). The zero-order chi connectivity index (χ0) is 13.5. The number of nitrogens with zero attached hydrogens (tertiary/aromatic N) is 1. The van der Waals surface area contributed by atoms with Crippen molar-refractivity contribution in [2.75, 3.05) is 26.4 Å². The first-order valence-electron chi connectivity index (χ1n) is 6.10. The number of nitrogens with one attached hydrogen (secondary N) is 1. The zero-order valence-electron chi connectivity index (χ0n) is 11.6. The van der Waals surface area contributed by atoms with Crippen molar-refractivity contribution in [3.05, 3.63) is 34.9 Å². The Balaban J connectivity index is 2.36. The van der Waals surface area contributed by atoms with Crippen LogP contribution in [-0.2, 0) is 6.54 Å². The molecule has 0 amide bonds. The Labute approximate surface area is 120 Å². The highest BCUT2D eigenvalue weighted by molar-refractivity contribution is 8.22. The van der Waals surface area contributed by atoms with E-state index in [0.29, 0.717) is 0 Å². The van der Waals surface area contributed by atoms with Crippen molar-refractivity contribution in [1.82, 2.24) is 10.2 Å². The molecule has 0 radical (unpaired) electrons. The predicted molar refractivity (Wildman–Crippen MR) is 86.4 cm³/mol. The maximum absolute atomic E-state index is 5.31. The molecule has 100 valence electrons. The van der Waals surface area contributed by atoms with Gasteiger partial charge < -0.3 is 10.2 Å². The Morgan fingerprint density at radius 2 is 2.06 bits per heavy atom. The molecular formula is C14H22N2S2. The molecule has 0 aromatic heterocycles. The quantitative estimate of drug-likeness (QED) is 0.835. The van der Waals surface area contributed by atoms with E-state index in [0.717, 1.165) is 23.2 Å². The minimum Gasteiger partial charge on any atom is -0.367 e. The van der Waals surface area contributed by atoms with E-state index in [9.17, 15) is 0 Å². The maximum Gasteiger partial charge on any atom is 0.134 e. The van der Waals surface area contributed by atoms with Crippen LogP contribution >= 0.6 is 24.0 Å². The Hall–Kier alpha value is -0.580. The molecule has 2 nitrogen and oxygen atoms in total. The minimum absolute atomic E-state index is 0.821. The number of rotatable bonds is 5. The van der Waals surface area contributed by atoms with E-state index in [2.05, 4.69) is 56.4 Å². The third-order valence-corrected chi connectivity index (χ3v) is 3.99. The van der Waals surface area contributed by atoms with E-state index in [1.165, 1.54) is 16.7 Å². The Kier molecular flexibility index (Phi) is 6.68. The van der Waals surface area contributed by atoms with Crippen LogP contribution in [0.3, 0.4) is 0 Å². The second-order valence-electron chi connectivity index (χ2n) is 4.72. The van der Waals surface area contributed by atoms with Gasteiger partial charge in [0.2, 0.25) is 0 Å². The number of aryl methyl sites for hydroxylation is 2. The van der Waals surface area contributed by atoms with Crippen LogP contribution in [0.5, 0.6) is 0 Å². The van der Waals surface area contributed by atoms with Gasteiger partial charge in [-0.15, -0.1) is 0 Å². The summed E-state index contributed by atoms with van der Waals surface area (Å²) in [6.07, 6.45) is 0. The van der Waals surface area contributed by atoms with Gasteiger partial charge in [-0.3, -0.25) is 0 Å². The fourth-order valence-electron chi connectivity index (χ4n) is 1.53. The summed E-state index contributed by atoms with van der Waals surface area (Å²) < 4.78 is 0.887. The number of hydrogen-bond donors (Lipinski definition) is 1. The van der Waals surface area contributed by atoms with Crippen molar-refractivity contribution in [2.45, 2.75) is 20.4 Å². The van der Waals surface area contributed by atoms with E-state index in [1.54, 1.807) is 11.8 Å². The fraction of sp³-hybridized carbons (Fsp3) is 0.500. The Morgan fingerprint density at radius 1 is 1.33 bits per heavy atom. The Morgan fingerprint density at radius 3 is 2.72 bits per heavy atom. The van der Waals surface area contributed by atoms with Crippen LogP contribution in [0.15, 0.2) is 18.2 Å². The molecule has 0 atom stereocenters. The van der Waals surface area contributed by atoms with Crippen LogP contribution in [-0.4, -0.2) is 35.6 Å². The first-order valence-corrected chi connectivity index (χ1v) is 7.50. The van der Waals surface area contributed by atoms with Gasteiger partial charge in [0.15, 0.2) is 0 Å². The first kappa shape index (κ1) is 15.5. The maximum atomic E-state index is 5.31. The highest BCUT2D eigenvalue weighted by Gasteiger charge is 2.01. The standard InChI is InChI=1S/C14H22N2S2/c1-11-5-6-12(2)13(9-11)10-15-14(17)18-8-7-16(3)4/h5-6,9H,7-8,10H2,1-4H3,(H,15,17). The summed E-state index contributed by atoms with van der Waals surface area (Å²) in [5, 5.41) is 3.32. The second kappa shape index (κ2) is 7.77. The molecule has 1 N–H and O–H groups in total. The molecule has 0 bridgehead atoms. The van der Waals surface area contributed by atoms with Crippen LogP contribution in [0.2, 0.25) is 0 Å². The van der Waals surface area contributed by atoms with Gasteiger partial charge in [-0.05, 0) is 39.1 Å². The molecule has 0 aliphatic carbocycles. The lowest BCUT2D eigenvalue weighted by atomic mass is 10.1. The van der Waals surface area contributed by atoms with Crippen molar-refractivity contribution in [2.24, 2.45) is 0 Å². The summed E-state index contributed by atoms with van der Waals surface area (Å²) in [7, 11) is 4.15. The van der Waals surface area contributed by atoms with E-state index < -0.39 is 0 Å². The summed E-state index contributed by atoms with van der Waals surface area (Å²) in [6.45, 7) is 6.13. The summed E-state index contributed by atoms with van der Waals surface area (Å²) in [4.78, 5) is 2.17. The van der Waals surface area contributed by atoms with Crippen molar-refractivity contribution in [1.29, 1.82) is 0 Å². The third kappa shape index (κ3) is 5.85. The van der Waals surface area contributed by atoms with Crippen LogP contribution in [0.1, 0.15) is 16.7 Å². The molecule has 18 heavy (non-hydrogen) atoms. The van der Waals surface area contributed by atoms with Gasteiger partial charge in [-0.2, -0.15) is 0 Å². The van der Waals surface area contributed by atoms with E-state index in [4.69, 9.17) is 12.2 Å². The zero-order valence-corrected chi connectivity index (χ0v) is 13.3. The molecule has 0 heterocycles. The summed E-state index contributed by atoms with van der Waals surface area (Å²) in [5.41, 5.74) is 3.93. The van der Waals surface area contributed by atoms with E-state index in [-0.39, 0.29) is 0 Å². The van der Waals surface area contributed by atoms with Gasteiger partial charge in [0.05, 0.1) is 0 Å². The van der Waals surface area contributed by atoms with Crippen LogP contribution in [0, 0.1) is 13.8 Å². The molecule has 4 heteroatoms. The average Bonchev–Trinajstić information content (AvgIpc) is 2.30. The lowest BCUT2D eigenvalue weighted by molar-refractivity contribution is 0.437. The summed E-state index contributed by atoms with van der Waals surface area (Å²) in [5.74, 6) is 1.03. The van der Waals surface area contributed by atoms with Crippen molar-refractivity contribution in [3.63, 3.8) is 0 Å². The highest BCUT2D eigenvalue weighted by atomic mass is 32.2. The number of benzene rings is 1. The summed E-state index contributed by atoms with van der Waals surface area (Å²) >= 11 is 7.03. The normalized spacial score (nSPS) is 10.7. The average molecular weight is 282 g/mol. The molecule has 0 aliphatic rings. The Bertz CT molecular complexity index is 403. The third-order valence-electron chi connectivity index (χ3n) is 2.70. The van der Waals surface area contributed by atoms with E-state index in [1.807, 2.05) is 0 Å². The number of hydrogen-bond acceptors (Lipinski definition) is 3. The summed E-state index contributed by atoms with van der Waals surface area (Å²) in [6, 6.07) is 6.52. The van der Waals surface area contributed by atoms with Gasteiger partial charge in [-0.25, -0.2) is 0 Å². The van der Waals surface area contributed by atoms with Crippen molar-refractivity contribution < 1.29 is 0 Å². The van der Waals surface area contributed by atoms with Gasteiger partial charge in [0.25, 0.3) is 0 Å². The smallest absolute Gasteiger partial charge is 0.134 e. The number of thiocarbonyl (C=S) groups is 1. The molecule has 1 aromatic carbocycles. The largest absolute Gasteiger partial charge is 0.367 e. The van der Waals surface area contributed by atoms with Crippen LogP contribution in [0.25, 0.3) is 0 Å². The van der Waals surface area contributed by atoms with Crippen LogP contribution in [0.4, 0.5) is 0 Å². The van der Waals surface area contributed by atoms with Crippen molar-refractivity contribution >= 4 is 28.3 Å². The minimum atomic E-state index is 0.821. The molecular weight excluding hydrogens is 260 g/mol. The topological polar surface area (TPSA) is 15.3 Å². The monoisotopic (exact) mass is 282 g/mol. The SMILES string of the molecule is Cc1ccc(C)c(CNC(=S)SCCN(C)C)c1. The lowest BCUT2D eigenvalue weighted by Gasteiger charge is -2.12. The molecule has 0 saturated heterocycles. The molecule has 0 spiro atoms. The van der Waals surface area contributed by atoms with Crippen molar-refractivity contribution in [3.8, 4) is 0 Å². The molecule has 0 saturated carbocycles. The fourth-order valence-corrected chi connectivity index (χ4v) is 2.67. The molecule has 0 fully saturated rings. The highest BCUT2D eigenvalue weighted by Crippen LogP contribution is 2.11. The van der Waals surface area contributed by atoms with Crippen LogP contribution < -0.4 is 5.32 Å². The van der Waals surface area contributed by atoms with Gasteiger partial charge >= 0.3 is 0 Å². The lowest BCUT2D eigenvalue weighted by Crippen LogP contribution is -2.21. The van der Waals surface area contributed by atoms with Gasteiger partial charge in [-0.1, -0.05) is 47.7 Å². The van der Waals surface area contributed by atoms with Gasteiger partial charge in [0.1, 0.15) is 4.32 Å². The molecule has 0 aliphatic heterocycles. The second-order valence-corrected chi connectivity index (χ2v) is 6.49.